The standard InChI is InChI=1S/C22H23FN6O5S2/c1-15-2-5-18(6-3-15)36(32,33)21-24-25-26-29(21)14-17-13-28(22(30)34-17)16-4-7-20(19(23)12-16)27-8-10-35(31)11-9-27/h2-7,12,17H,8-11,13-14H2,1H3. The van der Waals surface area contributed by atoms with E-state index in [2.05, 4.69) is 15.5 Å². The molecule has 2 saturated heterocycles. The number of aryl methyl sites for hydroxylation is 1. The number of rotatable bonds is 6. The van der Waals surface area contributed by atoms with Crippen LogP contribution in [0, 0.1) is 12.7 Å². The van der Waals surface area contributed by atoms with Gasteiger partial charge in [-0.15, -0.1) is 0 Å². The minimum atomic E-state index is -3.99. The molecule has 0 spiro atoms. The van der Waals surface area contributed by atoms with Crippen molar-refractivity contribution in [2.75, 3.05) is 40.9 Å². The molecule has 2 aliphatic rings. The van der Waals surface area contributed by atoms with Crippen LogP contribution in [0.5, 0.6) is 0 Å². The summed E-state index contributed by atoms with van der Waals surface area (Å²) in [7, 11) is -4.87. The number of amides is 1. The number of anilines is 2. The number of nitrogens with zero attached hydrogens (tertiary/aromatic N) is 6. The molecule has 1 unspecified atom stereocenters. The first-order valence-corrected chi connectivity index (χ1v) is 14.1. The number of sulfone groups is 1. The lowest BCUT2D eigenvalue weighted by atomic mass is 10.2. The summed E-state index contributed by atoms with van der Waals surface area (Å²) in [6.07, 6.45) is -1.44. The van der Waals surface area contributed by atoms with E-state index in [9.17, 15) is 21.8 Å². The average molecular weight is 535 g/mol. The molecule has 0 radical (unpaired) electrons. The monoisotopic (exact) mass is 534 g/mol. The van der Waals surface area contributed by atoms with Crippen molar-refractivity contribution in [3.63, 3.8) is 0 Å². The first-order valence-electron chi connectivity index (χ1n) is 11.2. The maximum atomic E-state index is 14.9. The Balaban J connectivity index is 1.30. The van der Waals surface area contributed by atoms with Gasteiger partial charge in [0.1, 0.15) is 11.9 Å². The van der Waals surface area contributed by atoms with Crippen molar-refractivity contribution in [2.24, 2.45) is 0 Å². The Bertz CT molecular complexity index is 1420. The first kappa shape index (κ1) is 24.3. The van der Waals surface area contributed by atoms with Crippen molar-refractivity contribution in [3.8, 4) is 0 Å². The summed E-state index contributed by atoms with van der Waals surface area (Å²) in [6, 6.07) is 10.8. The van der Waals surface area contributed by atoms with Crippen LogP contribution in [0.2, 0.25) is 0 Å². The summed E-state index contributed by atoms with van der Waals surface area (Å²) in [5, 5.41) is 10.6. The van der Waals surface area contributed by atoms with Crippen LogP contribution in [0.25, 0.3) is 0 Å². The largest absolute Gasteiger partial charge is 0.442 e. The van der Waals surface area contributed by atoms with Gasteiger partial charge in [0.25, 0.3) is 5.16 Å². The van der Waals surface area contributed by atoms with Crippen molar-refractivity contribution >= 4 is 38.1 Å². The Morgan fingerprint density at radius 2 is 1.86 bits per heavy atom. The summed E-state index contributed by atoms with van der Waals surface area (Å²) in [6.45, 7) is 2.80. The van der Waals surface area contributed by atoms with Crippen molar-refractivity contribution in [1.29, 1.82) is 0 Å². The van der Waals surface area contributed by atoms with Crippen molar-refractivity contribution in [3.05, 3.63) is 53.8 Å². The van der Waals surface area contributed by atoms with E-state index >= 15 is 0 Å². The molecule has 2 aromatic carbocycles. The predicted molar refractivity (Wildman–Crippen MR) is 129 cm³/mol. The van der Waals surface area contributed by atoms with E-state index in [1.54, 1.807) is 24.3 Å². The Morgan fingerprint density at radius 3 is 2.56 bits per heavy atom. The van der Waals surface area contributed by atoms with Crippen LogP contribution in [0.4, 0.5) is 20.6 Å². The number of tetrazole rings is 1. The van der Waals surface area contributed by atoms with Crippen molar-refractivity contribution in [2.45, 2.75) is 29.6 Å². The summed E-state index contributed by atoms with van der Waals surface area (Å²) in [5.41, 5.74) is 1.61. The van der Waals surface area contributed by atoms with Crippen LogP contribution in [0.3, 0.4) is 0 Å². The fourth-order valence-electron chi connectivity index (χ4n) is 4.15. The molecule has 3 aromatic rings. The van der Waals surface area contributed by atoms with Crippen molar-refractivity contribution < 1.29 is 26.5 Å². The summed E-state index contributed by atoms with van der Waals surface area (Å²) < 4.78 is 59.0. The highest BCUT2D eigenvalue weighted by molar-refractivity contribution is 7.91. The van der Waals surface area contributed by atoms with Gasteiger partial charge in [0.05, 0.1) is 29.4 Å². The normalized spacial score (nSPS) is 19.1. The van der Waals surface area contributed by atoms with Crippen LogP contribution < -0.4 is 9.80 Å². The van der Waals surface area contributed by atoms with E-state index < -0.39 is 38.7 Å². The SMILES string of the molecule is Cc1ccc(S(=O)(=O)c2nnnn2CC2CN(c3ccc(N4CCS(=O)CC4)c(F)c3)C(=O)O2)cc1. The number of halogens is 1. The molecule has 0 aliphatic carbocycles. The van der Waals surface area contributed by atoms with E-state index in [-0.39, 0.29) is 23.1 Å². The van der Waals surface area contributed by atoms with E-state index in [4.69, 9.17) is 4.74 Å². The molecule has 2 fully saturated rings. The predicted octanol–water partition coefficient (Wildman–Crippen LogP) is 1.55. The molecule has 1 amide bonds. The molecule has 36 heavy (non-hydrogen) atoms. The van der Waals surface area contributed by atoms with E-state index in [0.717, 1.165) is 10.2 Å². The van der Waals surface area contributed by atoms with Gasteiger partial charge in [0.2, 0.25) is 9.84 Å². The number of benzene rings is 2. The molecule has 2 aliphatic heterocycles. The second-order valence-electron chi connectivity index (χ2n) is 8.55. The minimum Gasteiger partial charge on any atom is -0.442 e. The van der Waals surface area contributed by atoms with Crippen LogP contribution in [-0.2, 0) is 31.9 Å². The van der Waals surface area contributed by atoms with Gasteiger partial charge >= 0.3 is 6.09 Å². The molecule has 5 rings (SSSR count). The first-order chi connectivity index (χ1) is 17.2. The number of aromatic nitrogens is 4. The Hall–Kier alpha value is -3.39. The van der Waals surface area contributed by atoms with Crippen LogP contribution in [0.1, 0.15) is 5.56 Å². The molecule has 0 N–H and O–H groups in total. The molecule has 0 bridgehead atoms. The Kier molecular flexibility index (Phi) is 6.47. The third kappa shape index (κ3) is 4.69. The quantitative estimate of drug-likeness (QED) is 0.463. The molecule has 11 nitrogen and oxygen atoms in total. The van der Waals surface area contributed by atoms with Gasteiger partial charge in [-0.1, -0.05) is 22.8 Å². The maximum absolute atomic E-state index is 14.9. The Morgan fingerprint density at radius 1 is 1.14 bits per heavy atom. The minimum absolute atomic E-state index is 0.0460. The molecule has 190 valence electrons. The lowest BCUT2D eigenvalue weighted by Crippen LogP contribution is -2.38. The third-order valence-electron chi connectivity index (χ3n) is 6.08. The molecular weight excluding hydrogens is 511 g/mol. The molecule has 3 heterocycles. The topological polar surface area (TPSA) is 128 Å². The van der Waals surface area contributed by atoms with Gasteiger partial charge in [-0.3, -0.25) is 9.11 Å². The van der Waals surface area contributed by atoms with Gasteiger partial charge in [-0.25, -0.2) is 22.3 Å². The summed E-state index contributed by atoms with van der Waals surface area (Å²) in [5.74, 6) is 0.476. The lowest BCUT2D eigenvalue weighted by molar-refractivity contribution is 0.127. The summed E-state index contributed by atoms with van der Waals surface area (Å²) >= 11 is 0. The van der Waals surface area contributed by atoms with Crippen LogP contribution in [-0.4, -0.2) is 76.2 Å². The second-order valence-corrected chi connectivity index (χ2v) is 12.1. The van der Waals surface area contributed by atoms with Crippen LogP contribution in [0.15, 0.2) is 52.5 Å². The molecule has 14 heteroatoms. The zero-order chi connectivity index (χ0) is 25.4. The van der Waals surface area contributed by atoms with E-state index in [0.29, 0.717) is 36.0 Å². The second kappa shape index (κ2) is 9.58. The number of hydrogen-bond donors (Lipinski definition) is 0. The number of carbonyl (C=O) groups is 1. The lowest BCUT2D eigenvalue weighted by Gasteiger charge is -2.29. The van der Waals surface area contributed by atoms with Crippen molar-refractivity contribution in [1.82, 2.24) is 20.2 Å². The van der Waals surface area contributed by atoms with Crippen LogP contribution >= 0.6 is 0 Å². The fourth-order valence-corrected chi connectivity index (χ4v) is 6.44. The van der Waals surface area contributed by atoms with E-state index in [1.807, 2.05) is 11.8 Å². The number of carbonyl (C=O) groups excluding carboxylic acids is 1. The summed E-state index contributed by atoms with van der Waals surface area (Å²) in [4.78, 5) is 15.7. The van der Waals surface area contributed by atoms with Gasteiger partial charge < -0.3 is 9.64 Å². The average Bonchev–Trinajstić information content (AvgIpc) is 3.47. The third-order valence-corrected chi connectivity index (χ3v) is 9.02. The van der Waals surface area contributed by atoms with Gasteiger partial charge in [-0.05, 0) is 47.7 Å². The van der Waals surface area contributed by atoms with Gasteiger partial charge in [0, 0.05) is 35.4 Å². The van der Waals surface area contributed by atoms with Gasteiger partial charge in [-0.2, -0.15) is 0 Å². The number of hydrogen-bond acceptors (Lipinski definition) is 9. The molecular formula is C22H23FN6O5S2. The fraction of sp³-hybridized carbons (Fsp3) is 0.364. The smallest absolute Gasteiger partial charge is 0.414 e. The highest BCUT2D eigenvalue weighted by atomic mass is 32.2. The highest BCUT2D eigenvalue weighted by Gasteiger charge is 2.35. The zero-order valence-corrected chi connectivity index (χ0v) is 20.9. The zero-order valence-electron chi connectivity index (χ0n) is 19.3. The molecule has 1 aromatic heterocycles. The molecule has 1 atom stereocenters. The maximum Gasteiger partial charge on any atom is 0.414 e. The number of cyclic esters (lactones) is 1. The van der Waals surface area contributed by atoms with Gasteiger partial charge in [0.15, 0.2) is 0 Å². The van der Waals surface area contributed by atoms with E-state index in [1.165, 1.54) is 23.1 Å². The number of ether oxygens (including phenoxy) is 1. The molecule has 0 saturated carbocycles. The Labute approximate surface area is 209 Å². The highest BCUT2D eigenvalue weighted by Crippen LogP contribution is 2.29.